The predicted molar refractivity (Wildman–Crippen MR) is 73.8 cm³/mol. The molecule has 0 radical (unpaired) electrons. The van der Waals surface area contributed by atoms with E-state index < -0.39 is 5.54 Å². The Kier molecular flexibility index (Phi) is 3.39. The van der Waals surface area contributed by atoms with E-state index in [9.17, 15) is 4.39 Å². The summed E-state index contributed by atoms with van der Waals surface area (Å²) in [5.74, 6) is -0.217. The lowest BCUT2D eigenvalue weighted by Crippen LogP contribution is -2.34. The van der Waals surface area contributed by atoms with Gasteiger partial charge in [-0.05, 0) is 52.4 Å². The zero-order valence-corrected chi connectivity index (χ0v) is 12.0. The van der Waals surface area contributed by atoms with E-state index in [4.69, 9.17) is 5.73 Å². The fourth-order valence-electron chi connectivity index (χ4n) is 1.72. The fraction of sp³-hybridized carbons (Fsp3) is 0.231. The summed E-state index contributed by atoms with van der Waals surface area (Å²) < 4.78 is 14.6. The second-order valence-electron chi connectivity index (χ2n) is 4.30. The maximum Gasteiger partial charge on any atom is 0.126 e. The molecular formula is C13H13BrFNS. The molecule has 0 amide bonds. The molecule has 0 bridgehead atoms. The molecule has 1 atom stereocenters. The van der Waals surface area contributed by atoms with Gasteiger partial charge in [0.25, 0.3) is 0 Å². The van der Waals surface area contributed by atoms with Crippen molar-refractivity contribution in [3.63, 3.8) is 0 Å². The van der Waals surface area contributed by atoms with Crippen LogP contribution in [-0.2, 0) is 5.54 Å². The highest BCUT2D eigenvalue weighted by molar-refractivity contribution is 9.10. The molecule has 1 aromatic heterocycles. The highest BCUT2D eigenvalue weighted by atomic mass is 79.9. The van der Waals surface area contributed by atoms with E-state index in [-0.39, 0.29) is 5.82 Å². The number of halogens is 2. The average molecular weight is 314 g/mol. The molecule has 0 aliphatic heterocycles. The van der Waals surface area contributed by atoms with Gasteiger partial charge in [-0.25, -0.2) is 4.39 Å². The van der Waals surface area contributed by atoms with Crippen molar-refractivity contribution < 1.29 is 4.39 Å². The smallest absolute Gasteiger partial charge is 0.126 e. The molecule has 17 heavy (non-hydrogen) atoms. The average Bonchev–Trinajstić information content (AvgIpc) is 2.69. The van der Waals surface area contributed by atoms with Crippen LogP contribution in [-0.4, -0.2) is 0 Å². The van der Waals surface area contributed by atoms with Gasteiger partial charge in [0, 0.05) is 15.4 Å². The van der Waals surface area contributed by atoms with Crippen molar-refractivity contribution in [3.8, 4) is 0 Å². The van der Waals surface area contributed by atoms with Gasteiger partial charge < -0.3 is 5.73 Å². The van der Waals surface area contributed by atoms with Crippen molar-refractivity contribution in [2.45, 2.75) is 19.4 Å². The highest BCUT2D eigenvalue weighted by Crippen LogP contribution is 2.34. The molecule has 0 aliphatic rings. The van der Waals surface area contributed by atoms with Crippen LogP contribution in [0.25, 0.3) is 0 Å². The molecule has 2 rings (SSSR count). The Morgan fingerprint density at radius 3 is 2.59 bits per heavy atom. The van der Waals surface area contributed by atoms with Crippen LogP contribution >= 0.6 is 27.3 Å². The topological polar surface area (TPSA) is 26.0 Å². The molecule has 90 valence electrons. The van der Waals surface area contributed by atoms with Gasteiger partial charge in [0.05, 0.1) is 5.54 Å². The first-order valence-corrected chi connectivity index (χ1v) is 6.94. The molecule has 4 heteroatoms. The maximum absolute atomic E-state index is 13.6. The third kappa shape index (κ3) is 2.30. The van der Waals surface area contributed by atoms with Gasteiger partial charge in [0.15, 0.2) is 0 Å². The molecule has 1 unspecified atom stereocenters. The normalized spacial score (nSPS) is 14.6. The molecule has 2 N–H and O–H groups in total. The van der Waals surface area contributed by atoms with Crippen LogP contribution in [0, 0.1) is 12.7 Å². The van der Waals surface area contributed by atoms with Crippen molar-refractivity contribution >= 4 is 27.3 Å². The van der Waals surface area contributed by atoms with Crippen molar-refractivity contribution in [1.82, 2.24) is 0 Å². The second kappa shape index (κ2) is 4.52. The summed E-state index contributed by atoms with van der Waals surface area (Å²) in [6.45, 7) is 3.64. The Hall–Kier alpha value is -0.710. The van der Waals surface area contributed by atoms with Crippen molar-refractivity contribution in [2.75, 3.05) is 0 Å². The van der Waals surface area contributed by atoms with Crippen LogP contribution in [0.3, 0.4) is 0 Å². The number of hydrogen-bond acceptors (Lipinski definition) is 2. The summed E-state index contributed by atoms with van der Waals surface area (Å²) in [4.78, 5) is 0. The molecule has 0 saturated heterocycles. The van der Waals surface area contributed by atoms with Crippen molar-refractivity contribution in [3.05, 3.63) is 55.9 Å². The van der Waals surface area contributed by atoms with Gasteiger partial charge in [-0.15, -0.1) is 0 Å². The Morgan fingerprint density at radius 1 is 1.35 bits per heavy atom. The summed E-state index contributed by atoms with van der Waals surface area (Å²) in [7, 11) is 0. The Bertz CT molecular complexity index is 548. The van der Waals surface area contributed by atoms with Crippen LogP contribution in [0.5, 0.6) is 0 Å². The first kappa shape index (κ1) is 12.7. The van der Waals surface area contributed by atoms with Gasteiger partial charge >= 0.3 is 0 Å². The van der Waals surface area contributed by atoms with Gasteiger partial charge in [-0.2, -0.15) is 11.3 Å². The van der Waals surface area contributed by atoms with E-state index in [1.54, 1.807) is 24.3 Å². The molecular weight excluding hydrogens is 301 g/mol. The molecule has 1 nitrogen and oxygen atoms in total. The molecule has 0 saturated carbocycles. The molecule has 0 fully saturated rings. The van der Waals surface area contributed by atoms with E-state index in [0.29, 0.717) is 5.56 Å². The Balaban J connectivity index is 2.51. The maximum atomic E-state index is 13.6. The SMILES string of the molecule is Cc1ccc(C(C)(N)c2cscc2Br)cc1F. The van der Waals surface area contributed by atoms with Gasteiger partial charge in [-0.1, -0.05) is 12.1 Å². The third-order valence-corrected chi connectivity index (χ3v) is 4.65. The van der Waals surface area contributed by atoms with E-state index in [1.165, 1.54) is 6.07 Å². The number of benzene rings is 1. The van der Waals surface area contributed by atoms with E-state index >= 15 is 0 Å². The number of aryl methyl sites for hydroxylation is 1. The lowest BCUT2D eigenvalue weighted by molar-refractivity contribution is 0.577. The number of rotatable bonds is 2. The van der Waals surface area contributed by atoms with E-state index in [2.05, 4.69) is 15.9 Å². The largest absolute Gasteiger partial charge is 0.318 e. The summed E-state index contributed by atoms with van der Waals surface area (Å²) in [6.07, 6.45) is 0. The Morgan fingerprint density at radius 2 is 2.06 bits per heavy atom. The fourth-order valence-corrected chi connectivity index (χ4v) is 3.55. The van der Waals surface area contributed by atoms with Crippen LogP contribution < -0.4 is 5.73 Å². The minimum atomic E-state index is -0.687. The van der Waals surface area contributed by atoms with Crippen molar-refractivity contribution in [1.29, 1.82) is 0 Å². The van der Waals surface area contributed by atoms with Gasteiger partial charge in [0.2, 0.25) is 0 Å². The molecule has 0 spiro atoms. The van der Waals surface area contributed by atoms with Gasteiger partial charge in [-0.3, -0.25) is 0 Å². The van der Waals surface area contributed by atoms with Crippen LogP contribution in [0.4, 0.5) is 4.39 Å². The standard InChI is InChI=1S/C13H13BrFNS/c1-8-3-4-9(5-12(8)15)13(2,16)10-6-17-7-11(10)14/h3-7H,16H2,1-2H3. The summed E-state index contributed by atoms with van der Waals surface area (Å²) in [5, 5.41) is 3.97. The van der Waals surface area contributed by atoms with Crippen LogP contribution in [0.1, 0.15) is 23.6 Å². The third-order valence-electron chi connectivity index (χ3n) is 2.95. The molecule has 0 aliphatic carbocycles. The zero-order chi connectivity index (χ0) is 12.6. The highest BCUT2D eigenvalue weighted by Gasteiger charge is 2.27. The number of thiophene rings is 1. The monoisotopic (exact) mass is 313 g/mol. The predicted octanol–water partition coefficient (Wildman–Crippen LogP) is 4.18. The minimum Gasteiger partial charge on any atom is -0.318 e. The van der Waals surface area contributed by atoms with E-state index in [0.717, 1.165) is 15.6 Å². The molecule has 1 aromatic carbocycles. The molecule has 1 heterocycles. The molecule has 2 aromatic rings. The van der Waals surface area contributed by atoms with Crippen molar-refractivity contribution in [2.24, 2.45) is 5.73 Å². The first-order chi connectivity index (χ1) is 7.93. The van der Waals surface area contributed by atoms with Crippen LogP contribution in [0.2, 0.25) is 0 Å². The van der Waals surface area contributed by atoms with E-state index in [1.807, 2.05) is 23.8 Å². The minimum absolute atomic E-state index is 0.217. The summed E-state index contributed by atoms with van der Waals surface area (Å²) >= 11 is 5.04. The number of hydrogen-bond donors (Lipinski definition) is 1. The van der Waals surface area contributed by atoms with Gasteiger partial charge in [0.1, 0.15) is 5.82 Å². The first-order valence-electron chi connectivity index (χ1n) is 5.20. The van der Waals surface area contributed by atoms with Crippen LogP contribution in [0.15, 0.2) is 33.4 Å². The Labute approximate surface area is 113 Å². The lowest BCUT2D eigenvalue weighted by atomic mass is 9.87. The summed E-state index contributed by atoms with van der Waals surface area (Å²) in [5.41, 5.74) is 8.03. The number of nitrogens with two attached hydrogens (primary N) is 1. The second-order valence-corrected chi connectivity index (χ2v) is 5.90. The quantitative estimate of drug-likeness (QED) is 0.884. The zero-order valence-electron chi connectivity index (χ0n) is 9.63. The summed E-state index contributed by atoms with van der Waals surface area (Å²) in [6, 6.07) is 5.15. The lowest BCUT2D eigenvalue weighted by Gasteiger charge is -2.25.